The largest absolute Gasteiger partial charge is 0.370 e. The zero-order chi connectivity index (χ0) is 11.3. The molecule has 1 rings (SSSR count). The molecule has 6 heteroatoms. The summed E-state index contributed by atoms with van der Waals surface area (Å²) in [4.78, 5) is 14.9. The van der Waals surface area contributed by atoms with E-state index in [1.807, 2.05) is 0 Å². The smallest absolute Gasteiger partial charge is 0.325 e. The van der Waals surface area contributed by atoms with Gasteiger partial charge in [-0.1, -0.05) is 17.7 Å². The van der Waals surface area contributed by atoms with Crippen LogP contribution >= 0.6 is 11.6 Å². The number of urea groups is 1. The lowest BCUT2D eigenvalue weighted by molar-refractivity contribution is 0.256. The van der Waals surface area contributed by atoms with Crippen LogP contribution in [0.4, 0.5) is 10.5 Å². The average molecular weight is 227 g/mol. The van der Waals surface area contributed by atoms with Crippen LogP contribution in [0, 0.1) is 0 Å². The van der Waals surface area contributed by atoms with Crippen molar-refractivity contribution >= 4 is 29.3 Å². The number of amides is 2. The van der Waals surface area contributed by atoms with Gasteiger partial charge in [-0.05, 0) is 18.2 Å². The second kappa shape index (κ2) is 5.21. The van der Waals surface area contributed by atoms with E-state index < -0.39 is 6.03 Å². The van der Waals surface area contributed by atoms with Crippen LogP contribution in [0.3, 0.4) is 0 Å². The van der Waals surface area contributed by atoms with Gasteiger partial charge in [-0.2, -0.15) is 0 Å². The number of nitrogens with two attached hydrogens (primary N) is 1. The van der Waals surface area contributed by atoms with E-state index in [4.69, 9.17) is 17.3 Å². The maximum Gasteiger partial charge on any atom is 0.325 e. The van der Waals surface area contributed by atoms with Crippen molar-refractivity contribution in [3.8, 4) is 0 Å². The Hall–Kier alpha value is -1.75. The molecule has 0 heterocycles. The minimum atomic E-state index is -0.458. The highest BCUT2D eigenvalue weighted by Crippen LogP contribution is 2.14. The lowest BCUT2D eigenvalue weighted by Crippen LogP contribution is -2.39. The van der Waals surface area contributed by atoms with Gasteiger partial charge in [0.25, 0.3) is 0 Å². The molecule has 0 aliphatic carbocycles. The Bertz CT molecular complexity index is 391. The summed E-state index contributed by atoms with van der Waals surface area (Å²) in [6.07, 6.45) is 0. The fraction of sp³-hybridized carbons (Fsp3) is 0.111. The average Bonchev–Trinajstić information content (AvgIpc) is 2.17. The van der Waals surface area contributed by atoms with Crippen molar-refractivity contribution < 1.29 is 4.79 Å². The minimum absolute atomic E-state index is 0.0505. The van der Waals surface area contributed by atoms with E-state index in [1.54, 1.807) is 24.3 Å². The normalized spacial score (nSPS) is 10.9. The van der Waals surface area contributed by atoms with Gasteiger partial charge in [-0.25, -0.2) is 4.79 Å². The Labute approximate surface area is 92.3 Å². The first-order valence-electron chi connectivity index (χ1n) is 4.17. The molecule has 0 radical (unpaired) electrons. The molecule has 2 amide bonds. The van der Waals surface area contributed by atoms with Crippen molar-refractivity contribution in [3.63, 3.8) is 0 Å². The molecule has 0 spiro atoms. The topological polar surface area (TPSA) is 79.5 Å². The number of halogens is 1. The molecule has 5 nitrogen and oxygen atoms in total. The third-order valence-corrected chi connectivity index (χ3v) is 1.80. The summed E-state index contributed by atoms with van der Waals surface area (Å²) >= 11 is 5.74. The van der Waals surface area contributed by atoms with Crippen LogP contribution in [0.25, 0.3) is 0 Å². The number of hydrogen-bond acceptors (Lipinski definition) is 2. The van der Waals surface area contributed by atoms with Crippen molar-refractivity contribution in [1.29, 1.82) is 0 Å². The Morgan fingerprint density at radius 3 is 2.87 bits per heavy atom. The van der Waals surface area contributed by atoms with Crippen LogP contribution in [0.15, 0.2) is 29.3 Å². The van der Waals surface area contributed by atoms with Gasteiger partial charge < -0.3 is 11.1 Å². The standard InChI is InChI=1S/C9H11ClN4O/c1-12-8(11)14-9(15)13-7-4-2-3-6(10)5-7/h2-5H,1H3,(H4,11,12,13,14,15). The Morgan fingerprint density at radius 1 is 1.53 bits per heavy atom. The number of rotatable bonds is 1. The van der Waals surface area contributed by atoms with E-state index in [0.29, 0.717) is 10.7 Å². The van der Waals surface area contributed by atoms with Crippen LogP contribution in [0.2, 0.25) is 5.02 Å². The van der Waals surface area contributed by atoms with Crippen LogP contribution in [0.1, 0.15) is 0 Å². The van der Waals surface area contributed by atoms with Gasteiger partial charge in [-0.3, -0.25) is 10.3 Å². The van der Waals surface area contributed by atoms with E-state index in [1.165, 1.54) is 7.05 Å². The van der Waals surface area contributed by atoms with E-state index in [-0.39, 0.29) is 5.96 Å². The third kappa shape index (κ3) is 3.86. The van der Waals surface area contributed by atoms with Crippen molar-refractivity contribution in [1.82, 2.24) is 5.32 Å². The molecule has 4 N–H and O–H groups in total. The van der Waals surface area contributed by atoms with Gasteiger partial charge in [0.1, 0.15) is 0 Å². The summed E-state index contributed by atoms with van der Waals surface area (Å²) in [6.45, 7) is 0. The predicted molar refractivity (Wildman–Crippen MR) is 61.2 cm³/mol. The van der Waals surface area contributed by atoms with Gasteiger partial charge in [0.15, 0.2) is 5.96 Å². The monoisotopic (exact) mass is 226 g/mol. The molecule has 15 heavy (non-hydrogen) atoms. The molecule has 0 aliphatic heterocycles. The number of guanidine groups is 1. The van der Waals surface area contributed by atoms with Gasteiger partial charge in [0.05, 0.1) is 0 Å². The first kappa shape index (κ1) is 11.3. The summed E-state index contributed by atoms with van der Waals surface area (Å²) in [5.74, 6) is 0.0505. The van der Waals surface area contributed by atoms with Crippen LogP contribution < -0.4 is 16.4 Å². The quantitative estimate of drug-likeness (QED) is 0.500. The van der Waals surface area contributed by atoms with E-state index in [2.05, 4.69) is 15.6 Å². The lowest BCUT2D eigenvalue weighted by Gasteiger charge is -2.06. The summed E-state index contributed by atoms with van der Waals surface area (Å²) in [5, 5.41) is 5.43. The number of carbonyl (C=O) groups is 1. The van der Waals surface area contributed by atoms with E-state index in [0.717, 1.165) is 0 Å². The second-order valence-corrected chi connectivity index (χ2v) is 3.13. The van der Waals surface area contributed by atoms with Gasteiger partial charge in [0, 0.05) is 17.8 Å². The molecule has 1 aromatic carbocycles. The highest BCUT2D eigenvalue weighted by Gasteiger charge is 2.02. The molecular formula is C9H11ClN4O. The lowest BCUT2D eigenvalue weighted by atomic mass is 10.3. The Kier molecular flexibility index (Phi) is 3.93. The molecule has 0 aliphatic rings. The van der Waals surface area contributed by atoms with Crippen LogP contribution in [-0.4, -0.2) is 19.0 Å². The highest BCUT2D eigenvalue weighted by atomic mass is 35.5. The van der Waals surface area contributed by atoms with Crippen LogP contribution in [0.5, 0.6) is 0 Å². The van der Waals surface area contributed by atoms with Crippen molar-refractivity contribution in [3.05, 3.63) is 29.3 Å². The predicted octanol–water partition coefficient (Wildman–Crippen LogP) is 1.41. The highest BCUT2D eigenvalue weighted by molar-refractivity contribution is 6.30. The number of nitrogens with one attached hydrogen (secondary N) is 2. The zero-order valence-electron chi connectivity index (χ0n) is 8.12. The number of nitrogens with zero attached hydrogens (tertiary/aromatic N) is 1. The van der Waals surface area contributed by atoms with Gasteiger partial charge >= 0.3 is 6.03 Å². The number of aliphatic imine (C=N–C) groups is 1. The maximum absolute atomic E-state index is 11.3. The number of carbonyl (C=O) groups excluding carboxylic acids is 1. The van der Waals surface area contributed by atoms with Crippen molar-refractivity contribution in [2.45, 2.75) is 0 Å². The van der Waals surface area contributed by atoms with Crippen LogP contribution in [-0.2, 0) is 0 Å². The number of benzene rings is 1. The zero-order valence-corrected chi connectivity index (χ0v) is 8.88. The summed E-state index contributed by atoms with van der Waals surface area (Å²) < 4.78 is 0. The first-order valence-corrected chi connectivity index (χ1v) is 4.55. The SMILES string of the molecule is CN=C(N)NC(=O)Nc1cccc(Cl)c1. The molecule has 0 fully saturated rings. The molecule has 0 bridgehead atoms. The molecule has 0 saturated heterocycles. The maximum atomic E-state index is 11.3. The summed E-state index contributed by atoms with van der Waals surface area (Å²) in [5.41, 5.74) is 5.90. The number of hydrogen-bond donors (Lipinski definition) is 3. The first-order chi connectivity index (χ1) is 7.11. The summed E-state index contributed by atoms with van der Waals surface area (Å²) in [7, 11) is 1.48. The van der Waals surface area contributed by atoms with Gasteiger partial charge in [0.2, 0.25) is 0 Å². The Morgan fingerprint density at radius 2 is 2.27 bits per heavy atom. The molecule has 1 aromatic rings. The molecule has 80 valence electrons. The second-order valence-electron chi connectivity index (χ2n) is 2.70. The molecule has 0 unspecified atom stereocenters. The number of anilines is 1. The fourth-order valence-electron chi connectivity index (χ4n) is 0.901. The van der Waals surface area contributed by atoms with E-state index >= 15 is 0 Å². The summed E-state index contributed by atoms with van der Waals surface area (Å²) in [6, 6.07) is 6.33. The fourth-order valence-corrected chi connectivity index (χ4v) is 1.09. The molecule has 0 saturated carbocycles. The molecule has 0 aromatic heterocycles. The Balaban J connectivity index is 2.59. The third-order valence-electron chi connectivity index (χ3n) is 1.56. The van der Waals surface area contributed by atoms with Crippen molar-refractivity contribution in [2.75, 3.05) is 12.4 Å². The molecule has 0 atom stereocenters. The van der Waals surface area contributed by atoms with Gasteiger partial charge in [-0.15, -0.1) is 0 Å². The van der Waals surface area contributed by atoms with Crippen molar-refractivity contribution in [2.24, 2.45) is 10.7 Å². The minimum Gasteiger partial charge on any atom is -0.370 e. The molecular weight excluding hydrogens is 216 g/mol. The van der Waals surface area contributed by atoms with E-state index in [9.17, 15) is 4.79 Å².